The quantitative estimate of drug-likeness (QED) is 0.878. The molecule has 0 radical (unpaired) electrons. The van der Waals surface area contributed by atoms with E-state index in [9.17, 15) is 4.79 Å². The standard InChI is InChI=1S/C18H19NO5/c1-21-14-6-2-3-7-15(14)23-12-18(20)19-10-13-11-22-16-8-4-5-9-17(16)24-13/h2-9,13H,10-12H2,1H3,(H,19,20)/t13-/m0/s1. The highest BCUT2D eigenvalue weighted by atomic mass is 16.6. The third kappa shape index (κ3) is 3.90. The number of carbonyl (C=O) groups is 1. The second-order valence-corrected chi connectivity index (χ2v) is 5.24. The molecule has 6 nitrogen and oxygen atoms in total. The molecular formula is C18H19NO5. The highest BCUT2D eigenvalue weighted by Gasteiger charge is 2.21. The maximum Gasteiger partial charge on any atom is 0.258 e. The summed E-state index contributed by atoms with van der Waals surface area (Å²) in [4.78, 5) is 11.9. The largest absolute Gasteiger partial charge is 0.493 e. The van der Waals surface area contributed by atoms with Crippen LogP contribution in [0.1, 0.15) is 0 Å². The van der Waals surface area contributed by atoms with E-state index in [2.05, 4.69) is 5.32 Å². The minimum absolute atomic E-state index is 0.0927. The van der Waals surface area contributed by atoms with Gasteiger partial charge in [0.15, 0.2) is 29.6 Å². The van der Waals surface area contributed by atoms with Crippen molar-refractivity contribution in [3.8, 4) is 23.0 Å². The predicted octanol–water partition coefficient (Wildman–Crippen LogP) is 2.03. The van der Waals surface area contributed by atoms with E-state index in [-0.39, 0.29) is 18.6 Å². The molecule has 0 saturated heterocycles. The summed E-state index contributed by atoms with van der Waals surface area (Å²) < 4.78 is 22.0. The van der Waals surface area contributed by atoms with E-state index in [0.717, 1.165) is 5.75 Å². The molecule has 126 valence electrons. The molecule has 1 heterocycles. The van der Waals surface area contributed by atoms with E-state index in [1.165, 1.54) is 0 Å². The van der Waals surface area contributed by atoms with Crippen LogP contribution in [0.5, 0.6) is 23.0 Å². The van der Waals surface area contributed by atoms with Gasteiger partial charge in [0.2, 0.25) is 0 Å². The number of hydrogen-bond acceptors (Lipinski definition) is 5. The summed E-state index contributed by atoms with van der Waals surface area (Å²) in [7, 11) is 1.56. The Morgan fingerprint density at radius 1 is 1.12 bits per heavy atom. The summed E-state index contributed by atoms with van der Waals surface area (Å²) in [6.07, 6.45) is -0.227. The Bertz CT molecular complexity index is 703. The lowest BCUT2D eigenvalue weighted by molar-refractivity contribution is -0.123. The second kappa shape index (κ2) is 7.59. The number of amides is 1. The first kappa shape index (κ1) is 16.0. The zero-order valence-electron chi connectivity index (χ0n) is 13.4. The van der Waals surface area contributed by atoms with Crippen LogP contribution in [0.25, 0.3) is 0 Å². The van der Waals surface area contributed by atoms with Crippen LogP contribution < -0.4 is 24.3 Å². The van der Waals surface area contributed by atoms with Crippen LogP contribution in [0.15, 0.2) is 48.5 Å². The van der Waals surface area contributed by atoms with E-state index in [1.54, 1.807) is 19.2 Å². The van der Waals surface area contributed by atoms with Crippen LogP contribution >= 0.6 is 0 Å². The van der Waals surface area contributed by atoms with Crippen LogP contribution in [0.3, 0.4) is 0 Å². The van der Waals surface area contributed by atoms with Gasteiger partial charge < -0.3 is 24.3 Å². The van der Waals surface area contributed by atoms with Gasteiger partial charge in [0.25, 0.3) is 5.91 Å². The summed E-state index contributed by atoms with van der Waals surface area (Å²) in [6.45, 7) is 0.650. The molecule has 0 aromatic heterocycles. The Labute approximate surface area is 140 Å². The molecule has 0 bridgehead atoms. The fourth-order valence-electron chi connectivity index (χ4n) is 2.32. The summed E-state index contributed by atoms with van der Waals surface area (Å²) in [5.74, 6) is 2.29. The van der Waals surface area contributed by atoms with Crippen molar-refractivity contribution in [2.75, 3.05) is 26.9 Å². The number of fused-ring (bicyclic) bond motifs is 1. The molecule has 2 aromatic carbocycles. The molecular weight excluding hydrogens is 310 g/mol. The summed E-state index contributed by atoms with van der Waals surface area (Å²) in [5, 5.41) is 2.78. The first-order valence-electron chi connectivity index (χ1n) is 7.67. The van der Waals surface area contributed by atoms with Gasteiger partial charge in [-0.3, -0.25) is 4.79 Å². The molecule has 0 unspecified atom stereocenters. The van der Waals surface area contributed by atoms with Gasteiger partial charge in [-0.25, -0.2) is 0 Å². The van der Waals surface area contributed by atoms with Gasteiger partial charge in [-0.2, -0.15) is 0 Å². The van der Waals surface area contributed by atoms with E-state index < -0.39 is 0 Å². The molecule has 6 heteroatoms. The van der Waals surface area contributed by atoms with Crippen LogP contribution in [-0.4, -0.2) is 38.9 Å². The minimum atomic E-state index is -0.233. The molecule has 3 rings (SSSR count). The Kier molecular flexibility index (Phi) is 5.05. The van der Waals surface area contributed by atoms with Gasteiger partial charge in [0, 0.05) is 0 Å². The number of nitrogens with one attached hydrogen (secondary N) is 1. The Morgan fingerprint density at radius 2 is 1.83 bits per heavy atom. The molecule has 0 fully saturated rings. The SMILES string of the molecule is COc1ccccc1OCC(=O)NC[C@H]1COc2ccccc2O1. The fraction of sp³-hybridized carbons (Fsp3) is 0.278. The van der Waals surface area contributed by atoms with Crippen LogP contribution in [-0.2, 0) is 4.79 Å². The van der Waals surface area contributed by atoms with Crippen molar-refractivity contribution < 1.29 is 23.7 Å². The number of para-hydroxylation sites is 4. The Morgan fingerprint density at radius 3 is 2.62 bits per heavy atom. The fourth-order valence-corrected chi connectivity index (χ4v) is 2.32. The van der Waals surface area contributed by atoms with Gasteiger partial charge >= 0.3 is 0 Å². The summed E-state index contributed by atoms with van der Waals surface area (Å²) in [6, 6.07) is 14.6. The first-order valence-corrected chi connectivity index (χ1v) is 7.67. The van der Waals surface area contributed by atoms with Crippen molar-refractivity contribution in [3.63, 3.8) is 0 Å². The highest BCUT2D eigenvalue weighted by molar-refractivity contribution is 5.77. The smallest absolute Gasteiger partial charge is 0.258 e. The van der Waals surface area contributed by atoms with Crippen LogP contribution in [0.2, 0.25) is 0 Å². The lowest BCUT2D eigenvalue weighted by Crippen LogP contribution is -2.42. The average Bonchev–Trinajstić information content (AvgIpc) is 2.64. The number of rotatable bonds is 6. The van der Waals surface area contributed by atoms with Gasteiger partial charge in [-0.05, 0) is 24.3 Å². The monoisotopic (exact) mass is 329 g/mol. The van der Waals surface area contributed by atoms with Gasteiger partial charge in [0.05, 0.1) is 13.7 Å². The normalized spacial score (nSPS) is 15.5. The number of benzene rings is 2. The van der Waals surface area contributed by atoms with E-state index >= 15 is 0 Å². The molecule has 2 aromatic rings. The second-order valence-electron chi connectivity index (χ2n) is 5.24. The molecule has 1 atom stereocenters. The third-order valence-corrected chi connectivity index (χ3v) is 3.52. The van der Waals surface area contributed by atoms with Crippen molar-refractivity contribution in [3.05, 3.63) is 48.5 Å². The highest BCUT2D eigenvalue weighted by Crippen LogP contribution is 2.30. The molecule has 0 aliphatic carbocycles. The first-order chi connectivity index (χ1) is 11.8. The molecule has 1 aliphatic heterocycles. The van der Waals surface area contributed by atoms with Crippen LogP contribution in [0.4, 0.5) is 0 Å². The lowest BCUT2D eigenvalue weighted by atomic mass is 10.2. The van der Waals surface area contributed by atoms with E-state index in [1.807, 2.05) is 36.4 Å². The molecule has 0 saturated carbocycles. The Balaban J connectivity index is 1.45. The van der Waals surface area contributed by atoms with Gasteiger partial charge in [-0.15, -0.1) is 0 Å². The molecule has 24 heavy (non-hydrogen) atoms. The van der Waals surface area contributed by atoms with Gasteiger partial charge in [0.1, 0.15) is 12.7 Å². The number of ether oxygens (including phenoxy) is 4. The lowest BCUT2D eigenvalue weighted by Gasteiger charge is -2.26. The van der Waals surface area contributed by atoms with E-state index in [0.29, 0.717) is 30.4 Å². The zero-order chi connectivity index (χ0) is 16.8. The third-order valence-electron chi connectivity index (χ3n) is 3.52. The zero-order valence-corrected chi connectivity index (χ0v) is 13.4. The molecule has 1 amide bonds. The Hall–Kier alpha value is -2.89. The summed E-state index contributed by atoms with van der Waals surface area (Å²) >= 11 is 0. The van der Waals surface area contributed by atoms with Crippen molar-refractivity contribution in [1.29, 1.82) is 0 Å². The van der Waals surface area contributed by atoms with Crippen molar-refractivity contribution in [1.82, 2.24) is 5.32 Å². The number of hydrogen-bond donors (Lipinski definition) is 1. The van der Waals surface area contributed by atoms with Crippen molar-refractivity contribution in [2.45, 2.75) is 6.10 Å². The molecule has 0 spiro atoms. The van der Waals surface area contributed by atoms with Crippen LogP contribution in [0, 0.1) is 0 Å². The van der Waals surface area contributed by atoms with E-state index in [4.69, 9.17) is 18.9 Å². The predicted molar refractivity (Wildman–Crippen MR) is 87.9 cm³/mol. The summed E-state index contributed by atoms with van der Waals surface area (Å²) in [5.41, 5.74) is 0. The maximum absolute atomic E-state index is 11.9. The van der Waals surface area contributed by atoms with Gasteiger partial charge in [-0.1, -0.05) is 24.3 Å². The topological polar surface area (TPSA) is 66.0 Å². The number of carbonyl (C=O) groups excluding carboxylic acids is 1. The number of methoxy groups -OCH3 is 1. The van der Waals surface area contributed by atoms with Crippen molar-refractivity contribution in [2.24, 2.45) is 0 Å². The minimum Gasteiger partial charge on any atom is -0.493 e. The molecule has 1 aliphatic rings. The van der Waals surface area contributed by atoms with Crippen molar-refractivity contribution >= 4 is 5.91 Å². The molecule has 1 N–H and O–H groups in total. The average molecular weight is 329 g/mol. The maximum atomic E-state index is 11.9.